The highest BCUT2D eigenvalue weighted by molar-refractivity contribution is 5.90. The molecular formula is C26H23NO5. The van der Waals surface area contributed by atoms with E-state index in [1.165, 1.54) is 7.11 Å². The van der Waals surface area contributed by atoms with Crippen molar-refractivity contribution in [3.63, 3.8) is 0 Å². The van der Waals surface area contributed by atoms with Crippen LogP contribution in [0.25, 0.3) is 11.1 Å². The molecule has 0 saturated carbocycles. The van der Waals surface area contributed by atoms with Crippen molar-refractivity contribution in [3.05, 3.63) is 90.0 Å². The smallest absolute Gasteiger partial charge is 0.410 e. The van der Waals surface area contributed by atoms with Crippen LogP contribution < -0.4 is 4.74 Å². The first-order valence-electron chi connectivity index (χ1n) is 10.6. The second-order valence-corrected chi connectivity index (χ2v) is 7.96. The summed E-state index contributed by atoms with van der Waals surface area (Å²) in [5.41, 5.74) is 3.49. The second kappa shape index (κ2) is 8.38. The summed E-state index contributed by atoms with van der Waals surface area (Å²) < 4.78 is 17.0. The number of piperidine rings is 1. The molecular weight excluding hydrogens is 406 g/mol. The molecule has 2 aliphatic rings. The van der Waals surface area contributed by atoms with E-state index < -0.39 is 18.2 Å². The lowest BCUT2D eigenvalue weighted by Gasteiger charge is -2.46. The molecule has 6 nitrogen and oxygen atoms in total. The third kappa shape index (κ3) is 3.68. The van der Waals surface area contributed by atoms with E-state index in [9.17, 15) is 9.59 Å². The zero-order chi connectivity index (χ0) is 22.1. The summed E-state index contributed by atoms with van der Waals surface area (Å²) in [4.78, 5) is 27.0. The van der Waals surface area contributed by atoms with Gasteiger partial charge in [0, 0.05) is 12.0 Å². The van der Waals surface area contributed by atoms with Crippen molar-refractivity contribution in [3.8, 4) is 16.9 Å². The molecule has 162 valence electrons. The van der Waals surface area contributed by atoms with Crippen LogP contribution in [0.5, 0.6) is 5.75 Å². The molecule has 32 heavy (non-hydrogen) atoms. The van der Waals surface area contributed by atoms with Crippen LogP contribution in [0.2, 0.25) is 0 Å². The number of ether oxygens (including phenoxy) is 3. The zero-order valence-corrected chi connectivity index (χ0v) is 17.6. The zero-order valence-electron chi connectivity index (χ0n) is 17.6. The number of nitrogens with zero attached hydrogens (tertiary/aromatic N) is 1. The number of carbonyl (C=O) groups is 2. The lowest BCUT2D eigenvalue weighted by atomic mass is 9.88. The first kappa shape index (κ1) is 20.1. The maximum Gasteiger partial charge on any atom is 0.410 e. The Morgan fingerprint density at radius 2 is 1.59 bits per heavy atom. The number of fused-ring (bicyclic) bond motifs is 4. The van der Waals surface area contributed by atoms with E-state index in [0.717, 1.165) is 16.7 Å². The van der Waals surface area contributed by atoms with Crippen LogP contribution in [0.4, 0.5) is 4.79 Å². The fraction of sp³-hybridized carbons (Fsp3) is 0.231. The van der Waals surface area contributed by atoms with Gasteiger partial charge in [-0.3, -0.25) is 4.90 Å². The summed E-state index contributed by atoms with van der Waals surface area (Å²) in [6.45, 7) is 0.212. The first-order chi connectivity index (χ1) is 15.6. The largest absolute Gasteiger partial charge is 0.486 e. The van der Waals surface area contributed by atoms with Crippen molar-refractivity contribution >= 4 is 12.1 Å². The molecule has 1 saturated heterocycles. The van der Waals surface area contributed by atoms with E-state index >= 15 is 0 Å². The Hall–Kier alpha value is -3.80. The Bertz CT molecular complexity index is 1130. The van der Waals surface area contributed by atoms with Crippen LogP contribution in [-0.2, 0) is 9.47 Å². The maximum absolute atomic E-state index is 12.9. The molecule has 3 atom stereocenters. The van der Waals surface area contributed by atoms with E-state index in [-0.39, 0.29) is 18.7 Å². The summed E-state index contributed by atoms with van der Waals surface area (Å²) in [6, 6.07) is 24.7. The predicted molar refractivity (Wildman–Crippen MR) is 118 cm³/mol. The van der Waals surface area contributed by atoms with Gasteiger partial charge in [0.25, 0.3) is 0 Å². The number of rotatable bonds is 3. The average Bonchev–Trinajstić information content (AvgIpc) is 2.85. The maximum atomic E-state index is 12.9. The minimum Gasteiger partial charge on any atom is -0.486 e. The second-order valence-electron chi connectivity index (χ2n) is 7.96. The quantitative estimate of drug-likeness (QED) is 0.557. The molecule has 6 heteroatoms. The Morgan fingerprint density at radius 3 is 2.34 bits per heavy atom. The van der Waals surface area contributed by atoms with Gasteiger partial charge in [-0.2, -0.15) is 0 Å². The molecule has 1 amide bonds. The number of benzene rings is 3. The first-order valence-corrected chi connectivity index (χ1v) is 10.6. The van der Waals surface area contributed by atoms with Gasteiger partial charge in [-0.05, 0) is 29.3 Å². The van der Waals surface area contributed by atoms with Crippen molar-refractivity contribution in [1.82, 2.24) is 4.90 Å². The topological polar surface area (TPSA) is 65.1 Å². The van der Waals surface area contributed by atoms with Crippen molar-refractivity contribution < 1.29 is 23.8 Å². The molecule has 0 N–H and O–H groups in total. The minimum atomic E-state index is -0.597. The molecule has 1 fully saturated rings. The molecule has 2 aliphatic heterocycles. The van der Waals surface area contributed by atoms with Crippen LogP contribution in [0.3, 0.4) is 0 Å². The van der Waals surface area contributed by atoms with E-state index in [1.54, 1.807) is 17.0 Å². The van der Waals surface area contributed by atoms with Crippen molar-refractivity contribution in [1.29, 1.82) is 0 Å². The minimum absolute atomic E-state index is 0.169. The number of likely N-dealkylation sites (tertiary alicyclic amines) is 1. The molecule has 2 bridgehead atoms. The summed E-state index contributed by atoms with van der Waals surface area (Å²) in [7, 11) is 1.36. The molecule has 3 aromatic rings. The van der Waals surface area contributed by atoms with Gasteiger partial charge >= 0.3 is 12.1 Å². The molecule has 5 rings (SSSR count). The number of methoxy groups -OCH3 is 1. The Kier molecular flexibility index (Phi) is 5.27. The number of hydrogen-bond donors (Lipinski definition) is 0. The van der Waals surface area contributed by atoms with Crippen LogP contribution >= 0.6 is 0 Å². The molecule has 2 heterocycles. The SMILES string of the molecule is COC(=O)N1C[C@@H](OC(=O)c2ccc(-c3ccccc3)cc2)[C@@H]2C[C@H]1c1ccccc1O2. The number of esters is 1. The van der Waals surface area contributed by atoms with Gasteiger partial charge in [-0.25, -0.2) is 9.59 Å². The Balaban J connectivity index is 1.36. The normalized spacial score (nSPS) is 21.2. The fourth-order valence-electron chi connectivity index (χ4n) is 4.45. The summed E-state index contributed by atoms with van der Waals surface area (Å²) >= 11 is 0. The van der Waals surface area contributed by atoms with Gasteiger partial charge < -0.3 is 14.2 Å². The van der Waals surface area contributed by atoms with Crippen LogP contribution in [0.1, 0.15) is 28.4 Å². The van der Waals surface area contributed by atoms with Gasteiger partial charge in [-0.1, -0.05) is 60.7 Å². The van der Waals surface area contributed by atoms with Gasteiger partial charge in [-0.15, -0.1) is 0 Å². The van der Waals surface area contributed by atoms with E-state index in [2.05, 4.69) is 0 Å². The van der Waals surface area contributed by atoms with E-state index in [1.807, 2.05) is 66.7 Å². The highest BCUT2D eigenvalue weighted by Gasteiger charge is 2.46. The third-order valence-corrected chi connectivity index (χ3v) is 6.07. The van der Waals surface area contributed by atoms with Crippen LogP contribution in [0, 0.1) is 0 Å². The van der Waals surface area contributed by atoms with Crippen molar-refractivity contribution in [2.45, 2.75) is 24.7 Å². The van der Waals surface area contributed by atoms with Crippen molar-refractivity contribution in [2.75, 3.05) is 13.7 Å². The number of para-hydroxylation sites is 1. The lowest BCUT2D eigenvalue weighted by molar-refractivity contribution is -0.0706. The lowest BCUT2D eigenvalue weighted by Crippen LogP contribution is -2.55. The van der Waals surface area contributed by atoms with Crippen molar-refractivity contribution in [2.24, 2.45) is 0 Å². The van der Waals surface area contributed by atoms with E-state index in [4.69, 9.17) is 14.2 Å². The molecule has 0 spiro atoms. The number of hydrogen-bond acceptors (Lipinski definition) is 5. The predicted octanol–water partition coefficient (Wildman–Crippen LogP) is 4.85. The number of amides is 1. The molecule has 0 radical (unpaired) electrons. The van der Waals surface area contributed by atoms with Crippen LogP contribution in [-0.4, -0.2) is 42.8 Å². The summed E-state index contributed by atoms with van der Waals surface area (Å²) in [5, 5.41) is 0. The molecule has 3 aromatic carbocycles. The van der Waals surface area contributed by atoms with Gasteiger partial charge in [0.15, 0.2) is 6.10 Å². The molecule has 0 aliphatic carbocycles. The standard InChI is InChI=1S/C26H23NO5/c1-30-26(29)27-16-24(23-15-21(27)20-9-5-6-10-22(20)31-23)32-25(28)19-13-11-18(12-14-19)17-7-3-2-4-8-17/h2-14,21,23-24H,15-16H2,1H3/t21-,23-,24+/m0/s1. The Labute approximate surface area is 186 Å². The summed E-state index contributed by atoms with van der Waals surface area (Å²) in [6.07, 6.45) is -0.835. The highest BCUT2D eigenvalue weighted by Crippen LogP contribution is 2.43. The highest BCUT2D eigenvalue weighted by atomic mass is 16.6. The third-order valence-electron chi connectivity index (χ3n) is 6.07. The van der Waals surface area contributed by atoms with Gasteiger partial charge in [0.2, 0.25) is 0 Å². The monoisotopic (exact) mass is 429 g/mol. The summed E-state index contributed by atoms with van der Waals surface area (Å²) in [5.74, 6) is 0.260. The Morgan fingerprint density at radius 1 is 0.906 bits per heavy atom. The molecule has 0 aromatic heterocycles. The average molecular weight is 429 g/mol. The molecule has 0 unspecified atom stereocenters. The number of carbonyl (C=O) groups excluding carboxylic acids is 2. The van der Waals surface area contributed by atoms with Gasteiger partial charge in [0.1, 0.15) is 11.9 Å². The fourth-order valence-corrected chi connectivity index (χ4v) is 4.45. The van der Waals surface area contributed by atoms with Crippen LogP contribution in [0.15, 0.2) is 78.9 Å². The van der Waals surface area contributed by atoms with E-state index in [0.29, 0.717) is 17.7 Å². The van der Waals surface area contributed by atoms with Gasteiger partial charge in [0.05, 0.1) is 25.3 Å².